The Balaban J connectivity index is 2.46. The maximum Gasteiger partial charge on any atom is 0.311 e. The SMILES string of the molecule is COC(=O)Cc1cc(NC(C)C)c2ccccc2n1. The molecular weight excluding hydrogens is 240 g/mol. The Labute approximate surface area is 112 Å². The zero-order valence-corrected chi connectivity index (χ0v) is 11.4. The zero-order valence-electron chi connectivity index (χ0n) is 11.4. The Morgan fingerprint density at radius 2 is 2.11 bits per heavy atom. The summed E-state index contributed by atoms with van der Waals surface area (Å²) in [5.41, 5.74) is 2.60. The van der Waals surface area contributed by atoms with Gasteiger partial charge >= 0.3 is 5.97 Å². The van der Waals surface area contributed by atoms with Crippen molar-refractivity contribution in [3.63, 3.8) is 0 Å². The van der Waals surface area contributed by atoms with E-state index in [0.717, 1.165) is 16.6 Å². The molecule has 2 rings (SSSR count). The lowest BCUT2D eigenvalue weighted by Crippen LogP contribution is -2.12. The predicted octanol–water partition coefficient (Wildman–Crippen LogP) is 2.77. The normalized spacial score (nSPS) is 10.7. The molecular formula is C15H18N2O2. The molecule has 0 spiro atoms. The van der Waals surface area contributed by atoms with E-state index in [1.165, 1.54) is 7.11 Å². The molecule has 0 amide bonds. The van der Waals surface area contributed by atoms with Crippen molar-refractivity contribution < 1.29 is 9.53 Å². The molecule has 0 radical (unpaired) electrons. The second-order valence-electron chi connectivity index (χ2n) is 4.73. The van der Waals surface area contributed by atoms with Gasteiger partial charge in [-0.15, -0.1) is 0 Å². The Kier molecular flexibility index (Phi) is 4.00. The van der Waals surface area contributed by atoms with Crippen molar-refractivity contribution in [2.45, 2.75) is 26.3 Å². The topological polar surface area (TPSA) is 51.2 Å². The number of hydrogen-bond donors (Lipinski definition) is 1. The van der Waals surface area contributed by atoms with Crippen LogP contribution in [0.3, 0.4) is 0 Å². The number of rotatable bonds is 4. The molecule has 2 aromatic rings. The Morgan fingerprint density at radius 1 is 1.37 bits per heavy atom. The van der Waals surface area contributed by atoms with E-state index in [-0.39, 0.29) is 12.4 Å². The van der Waals surface area contributed by atoms with Crippen molar-refractivity contribution in [2.75, 3.05) is 12.4 Å². The van der Waals surface area contributed by atoms with Gasteiger partial charge in [0.15, 0.2) is 0 Å². The number of ether oxygens (including phenoxy) is 1. The van der Waals surface area contributed by atoms with Crippen molar-refractivity contribution in [3.8, 4) is 0 Å². The van der Waals surface area contributed by atoms with Crippen molar-refractivity contribution in [1.29, 1.82) is 0 Å². The number of pyridine rings is 1. The van der Waals surface area contributed by atoms with E-state index in [1.807, 2.05) is 30.3 Å². The van der Waals surface area contributed by atoms with Crippen molar-refractivity contribution in [1.82, 2.24) is 4.98 Å². The Morgan fingerprint density at radius 3 is 2.79 bits per heavy atom. The number of nitrogens with one attached hydrogen (secondary N) is 1. The molecule has 0 saturated heterocycles. The number of anilines is 1. The van der Waals surface area contributed by atoms with Crippen LogP contribution in [0.25, 0.3) is 10.9 Å². The molecule has 0 saturated carbocycles. The highest BCUT2D eigenvalue weighted by atomic mass is 16.5. The number of hydrogen-bond acceptors (Lipinski definition) is 4. The van der Waals surface area contributed by atoms with Crippen LogP contribution < -0.4 is 5.32 Å². The fourth-order valence-corrected chi connectivity index (χ4v) is 1.97. The van der Waals surface area contributed by atoms with Crippen molar-refractivity contribution in [3.05, 3.63) is 36.0 Å². The molecule has 0 atom stereocenters. The first-order valence-corrected chi connectivity index (χ1v) is 6.32. The van der Waals surface area contributed by atoms with Gasteiger partial charge in [0.25, 0.3) is 0 Å². The Bertz CT molecular complexity index is 594. The molecule has 0 bridgehead atoms. The van der Waals surface area contributed by atoms with E-state index in [1.54, 1.807) is 0 Å². The molecule has 1 N–H and O–H groups in total. The van der Waals surface area contributed by atoms with E-state index >= 15 is 0 Å². The van der Waals surface area contributed by atoms with Crippen LogP contribution in [0.5, 0.6) is 0 Å². The minimum Gasteiger partial charge on any atom is -0.469 e. The first-order valence-electron chi connectivity index (χ1n) is 6.32. The minimum atomic E-state index is -0.279. The van der Waals surface area contributed by atoms with E-state index in [0.29, 0.717) is 11.7 Å². The van der Waals surface area contributed by atoms with Crippen molar-refractivity contribution in [2.24, 2.45) is 0 Å². The lowest BCUT2D eigenvalue weighted by atomic mass is 10.1. The summed E-state index contributed by atoms with van der Waals surface area (Å²) in [6.07, 6.45) is 0.189. The first kappa shape index (κ1) is 13.3. The molecule has 0 aliphatic heterocycles. The fourth-order valence-electron chi connectivity index (χ4n) is 1.97. The highest BCUT2D eigenvalue weighted by molar-refractivity contribution is 5.92. The van der Waals surface area contributed by atoms with Gasteiger partial charge < -0.3 is 10.1 Å². The van der Waals surface area contributed by atoms with Crippen LogP contribution in [0.1, 0.15) is 19.5 Å². The number of benzene rings is 1. The molecule has 0 unspecified atom stereocenters. The average molecular weight is 258 g/mol. The van der Waals surface area contributed by atoms with Crippen molar-refractivity contribution >= 4 is 22.6 Å². The van der Waals surface area contributed by atoms with Gasteiger partial charge in [-0.25, -0.2) is 0 Å². The van der Waals surface area contributed by atoms with Crippen LogP contribution in [-0.4, -0.2) is 24.1 Å². The molecule has 0 fully saturated rings. The number of nitrogens with zero attached hydrogens (tertiary/aromatic N) is 1. The number of methoxy groups -OCH3 is 1. The largest absolute Gasteiger partial charge is 0.469 e. The molecule has 0 aliphatic rings. The number of esters is 1. The second-order valence-corrected chi connectivity index (χ2v) is 4.73. The van der Waals surface area contributed by atoms with E-state index in [2.05, 4.69) is 28.9 Å². The van der Waals surface area contributed by atoms with Crippen LogP contribution in [0.4, 0.5) is 5.69 Å². The molecule has 1 aromatic carbocycles. The molecule has 19 heavy (non-hydrogen) atoms. The van der Waals surface area contributed by atoms with Gasteiger partial charge in [-0.3, -0.25) is 9.78 Å². The molecule has 100 valence electrons. The van der Waals surface area contributed by atoms with Gasteiger partial charge in [0, 0.05) is 17.1 Å². The summed E-state index contributed by atoms with van der Waals surface area (Å²) in [7, 11) is 1.39. The molecule has 4 heteroatoms. The van der Waals surface area contributed by atoms with E-state index in [4.69, 9.17) is 0 Å². The predicted molar refractivity (Wildman–Crippen MR) is 76.2 cm³/mol. The number of carbonyl (C=O) groups is 1. The molecule has 4 nitrogen and oxygen atoms in total. The summed E-state index contributed by atoms with van der Waals surface area (Å²) in [4.78, 5) is 15.9. The zero-order chi connectivity index (χ0) is 13.8. The van der Waals surface area contributed by atoms with Crippen LogP contribution in [0.15, 0.2) is 30.3 Å². The molecule has 0 aliphatic carbocycles. The monoisotopic (exact) mass is 258 g/mol. The smallest absolute Gasteiger partial charge is 0.311 e. The third-order valence-electron chi connectivity index (χ3n) is 2.77. The maximum absolute atomic E-state index is 11.4. The minimum absolute atomic E-state index is 0.189. The molecule has 1 heterocycles. The van der Waals surface area contributed by atoms with Gasteiger partial charge in [-0.1, -0.05) is 18.2 Å². The van der Waals surface area contributed by atoms with Gasteiger partial charge in [0.05, 0.1) is 24.7 Å². The van der Waals surface area contributed by atoms with Crippen LogP contribution in [0.2, 0.25) is 0 Å². The number of aromatic nitrogens is 1. The maximum atomic E-state index is 11.4. The van der Waals surface area contributed by atoms with Gasteiger partial charge in [-0.05, 0) is 26.0 Å². The standard InChI is InChI=1S/C15H18N2O2/c1-10(2)16-14-8-11(9-15(18)19-3)17-13-7-5-4-6-12(13)14/h4-8,10H,9H2,1-3H3,(H,16,17). The summed E-state index contributed by atoms with van der Waals surface area (Å²) >= 11 is 0. The first-order chi connectivity index (χ1) is 9.10. The summed E-state index contributed by atoms with van der Waals surface area (Å²) in [5.74, 6) is -0.279. The summed E-state index contributed by atoms with van der Waals surface area (Å²) in [6.45, 7) is 4.16. The highest BCUT2D eigenvalue weighted by Gasteiger charge is 2.10. The quantitative estimate of drug-likeness (QED) is 0.857. The van der Waals surface area contributed by atoms with Crippen LogP contribution >= 0.6 is 0 Å². The summed E-state index contributed by atoms with van der Waals surface area (Å²) < 4.78 is 4.69. The van der Waals surface area contributed by atoms with Crippen LogP contribution in [0, 0.1) is 0 Å². The average Bonchev–Trinajstić information content (AvgIpc) is 2.38. The highest BCUT2D eigenvalue weighted by Crippen LogP contribution is 2.24. The van der Waals surface area contributed by atoms with E-state index < -0.39 is 0 Å². The summed E-state index contributed by atoms with van der Waals surface area (Å²) in [5, 5.41) is 4.45. The lowest BCUT2D eigenvalue weighted by Gasteiger charge is -2.14. The molecule has 1 aromatic heterocycles. The lowest BCUT2D eigenvalue weighted by molar-refractivity contribution is -0.139. The van der Waals surface area contributed by atoms with Gasteiger partial charge in [-0.2, -0.15) is 0 Å². The second kappa shape index (κ2) is 5.69. The Hall–Kier alpha value is -2.10. The number of para-hydroxylation sites is 1. The number of carbonyl (C=O) groups excluding carboxylic acids is 1. The van der Waals surface area contributed by atoms with Gasteiger partial charge in [0.2, 0.25) is 0 Å². The third-order valence-corrected chi connectivity index (χ3v) is 2.77. The summed E-state index contributed by atoms with van der Waals surface area (Å²) in [6, 6.07) is 10.1. The van der Waals surface area contributed by atoms with Crippen LogP contribution in [-0.2, 0) is 16.0 Å². The third kappa shape index (κ3) is 3.22. The number of fused-ring (bicyclic) bond motifs is 1. The van der Waals surface area contributed by atoms with E-state index in [9.17, 15) is 4.79 Å². The van der Waals surface area contributed by atoms with Gasteiger partial charge in [0.1, 0.15) is 0 Å². The fraction of sp³-hybridized carbons (Fsp3) is 0.333.